The SMILES string of the molecule is O=C[O-].OO.[Na+]. The van der Waals surface area contributed by atoms with Gasteiger partial charge in [0.15, 0.2) is 0 Å². The van der Waals surface area contributed by atoms with Gasteiger partial charge in [0.05, 0.1) is 0 Å². The van der Waals surface area contributed by atoms with Gasteiger partial charge in [-0.2, -0.15) is 0 Å². The maximum absolute atomic E-state index is 8.25. The Balaban J connectivity index is -0.0000000275. The summed E-state index contributed by atoms with van der Waals surface area (Å²) >= 11 is 0. The third-order valence-corrected chi connectivity index (χ3v) is 0. The van der Waals surface area contributed by atoms with Crippen molar-refractivity contribution in [3.05, 3.63) is 0 Å². The minimum absolute atomic E-state index is 0. The van der Waals surface area contributed by atoms with Crippen molar-refractivity contribution in [1.29, 1.82) is 0 Å². The molecule has 0 heterocycles. The summed E-state index contributed by atoms with van der Waals surface area (Å²) in [4.78, 5) is 8.25. The van der Waals surface area contributed by atoms with Crippen molar-refractivity contribution in [1.82, 2.24) is 0 Å². The van der Waals surface area contributed by atoms with Crippen molar-refractivity contribution in [2.24, 2.45) is 0 Å². The zero-order valence-corrected chi connectivity index (χ0v) is 5.29. The van der Waals surface area contributed by atoms with Crippen LogP contribution in [-0.4, -0.2) is 17.0 Å². The summed E-state index contributed by atoms with van der Waals surface area (Å²) < 4.78 is 0. The van der Waals surface area contributed by atoms with Gasteiger partial charge in [0, 0.05) is 6.47 Å². The van der Waals surface area contributed by atoms with E-state index >= 15 is 0 Å². The van der Waals surface area contributed by atoms with Crippen molar-refractivity contribution < 1.29 is 50.0 Å². The van der Waals surface area contributed by atoms with Crippen LogP contribution in [-0.2, 0) is 4.79 Å². The standard InChI is InChI=1S/CH2O2.Na.H2O2/c2-1-3;;1-2/h1H,(H,2,3);;1-2H/q;+1;/p-1. The maximum Gasteiger partial charge on any atom is 1.00 e. The van der Waals surface area contributed by atoms with Crippen LogP contribution in [0, 0.1) is 0 Å². The van der Waals surface area contributed by atoms with E-state index in [0.717, 1.165) is 0 Å². The van der Waals surface area contributed by atoms with Gasteiger partial charge in [-0.05, 0) is 0 Å². The van der Waals surface area contributed by atoms with Crippen LogP contribution in [0.1, 0.15) is 0 Å². The number of carbonyl (C=O) groups is 1. The van der Waals surface area contributed by atoms with Crippen molar-refractivity contribution >= 4 is 6.47 Å². The molecule has 0 aromatic carbocycles. The molecule has 0 fully saturated rings. The average molecular weight is 102 g/mol. The first-order chi connectivity index (χ1) is 2.41. The Kier molecular flexibility index (Phi) is 145. The summed E-state index contributed by atoms with van der Waals surface area (Å²) in [5.41, 5.74) is 0. The summed E-state index contributed by atoms with van der Waals surface area (Å²) in [6.45, 7) is -0.500. The summed E-state index contributed by atoms with van der Waals surface area (Å²) in [6, 6.07) is 0. The molecule has 2 N–H and O–H groups in total. The third kappa shape index (κ3) is 332. The van der Waals surface area contributed by atoms with Crippen LogP contribution in [0.2, 0.25) is 0 Å². The third-order valence-electron chi connectivity index (χ3n) is 0. The molecular formula is CH3NaO4. The van der Waals surface area contributed by atoms with Crippen LogP contribution >= 0.6 is 0 Å². The molecule has 0 saturated heterocycles. The second-order valence-electron chi connectivity index (χ2n) is 0.0962. The molecule has 0 aliphatic rings. The van der Waals surface area contributed by atoms with Gasteiger partial charge >= 0.3 is 29.6 Å². The molecule has 4 nitrogen and oxygen atoms in total. The molecule has 0 rings (SSSR count). The second-order valence-corrected chi connectivity index (χ2v) is 0.0962. The summed E-state index contributed by atoms with van der Waals surface area (Å²) in [5, 5.41) is 20.2. The molecule has 0 amide bonds. The topological polar surface area (TPSA) is 80.6 Å². The van der Waals surface area contributed by atoms with Crippen LogP contribution in [0.15, 0.2) is 0 Å². The molecule has 0 bridgehead atoms. The number of rotatable bonds is 0. The van der Waals surface area contributed by atoms with Crippen molar-refractivity contribution in [3.63, 3.8) is 0 Å². The normalized spacial score (nSPS) is 3.00. The van der Waals surface area contributed by atoms with Gasteiger partial charge in [0.25, 0.3) is 0 Å². The number of hydrogen-bond donors (Lipinski definition) is 2. The van der Waals surface area contributed by atoms with Gasteiger partial charge in [-0.3, -0.25) is 10.5 Å². The number of carbonyl (C=O) groups excluding carboxylic acids is 1. The Morgan fingerprint density at radius 1 is 1.50 bits per heavy atom. The van der Waals surface area contributed by atoms with E-state index in [1.165, 1.54) is 0 Å². The first kappa shape index (κ1) is 16.2. The van der Waals surface area contributed by atoms with Gasteiger partial charge in [-0.15, -0.1) is 0 Å². The molecule has 0 aromatic heterocycles. The molecule has 0 saturated carbocycles. The fraction of sp³-hybridized carbons (Fsp3) is 0. The largest absolute Gasteiger partial charge is 1.00 e. The molecule has 0 spiro atoms. The molecule has 5 heteroatoms. The Labute approximate surface area is 56.6 Å². The van der Waals surface area contributed by atoms with Crippen LogP contribution in [0.5, 0.6) is 0 Å². The number of hydrogen-bond acceptors (Lipinski definition) is 4. The van der Waals surface area contributed by atoms with Crippen molar-refractivity contribution in [2.75, 3.05) is 0 Å². The molecular weight excluding hydrogens is 99.0 g/mol. The van der Waals surface area contributed by atoms with E-state index in [4.69, 9.17) is 20.4 Å². The van der Waals surface area contributed by atoms with Gasteiger partial charge < -0.3 is 9.90 Å². The van der Waals surface area contributed by atoms with Gasteiger partial charge in [-0.1, -0.05) is 0 Å². The monoisotopic (exact) mass is 102 g/mol. The number of carboxylic acid groups (broad SMARTS) is 1. The average Bonchev–Trinajstić information content (AvgIpc) is 1.46. The van der Waals surface area contributed by atoms with Crippen LogP contribution < -0.4 is 34.7 Å². The smallest absolute Gasteiger partial charge is 0.554 e. The van der Waals surface area contributed by atoms with Crippen LogP contribution in [0.3, 0.4) is 0 Å². The summed E-state index contributed by atoms with van der Waals surface area (Å²) in [5.74, 6) is 0. The minimum atomic E-state index is -0.500. The molecule has 0 unspecified atom stereocenters. The molecule has 6 heavy (non-hydrogen) atoms. The molecule has 32 valence electrons. The van der Waals surface area contributed by atoms with E-state index in [1.54, 1.807) is 0 Å². The summed E-state index contributed by atoms with van der Waals surface area (Å²) in [7, 11) is 0. The zero-order chi connectivity index (χ0) is 4.71. The van der Waals surface area contributed by atoms with E-state index in [9.17, 15) is 0 Å². The van der Waals surface area contributed by atoms with E-state index in [1.807, 2.05) is 0 Å². The minimum Gasteiger partial charge on any atom is -0.554 e. The van der Waals surface area contributed by atoms with E-state index in [0.29, 0.717) is 0 Å². The molecule has 0 radical (unpaired) electrons. The molecule has 0 aliphatic heterocycles. The van der Waals surface area contributed by atoms with E-state index in [-0.39, 0.29) is 29.6 Å². The zero-order valence-electron chi connectivity index (χ0n) is 3.29. The summed E-state index contributed by atoms with van der Waals surface area (Å²) in [6.07, 6.45) is 0. The van der Waals surface area contributed by atoms with Gasteiger partial charge in [0.2, 0.25) is 0 Å². The van der Waals surface area contributed by atoms with E-state index in [2.05, 4.69) is 0 Å². The first-order valence-electron chi connectivity index (χ1n) is 0.671. The fourth-order valence-corrected chi connectivity index (χ4v) is 0. The van der Waals surface area contributed by atoms with Gasteiger partial charge in [0.1, 0.15) is 0 Å². The molecule has 0 aliphatic carbocycles. The molecule has 0 aromatic rings. The predicted molar refractivity (Wildman–Crippen MR) is 11.3 cm³/mol. The Morgan fingerprint density at radius 2 is 1.50 bits per heavy atom. The van der Waals surface area contributed by atoms with E-state index < -0.39 is 6.47 Å². The quantitative estimate of drug-likeness (QED) is 0.139. The van der Waals surface area contributed by atoms with Crippen LogP contribution in [0.25, 0.3) is 0 Å². The molecule has 0 atom stereocenters. The fourth-order valence-electron chi connectivity index (χ4n) is 0. The van der Waals surface area contributed by atoms with Crippen molar-refractivity contribution in [2.45, 2.75) is 0 Å². The van der Waals surface area contributed by atoms with Gasteiger partial charge in [-0.25, -0.2) is 0 Å². The van der Waals surface area contributed by atoms with Crippen molar-refractivity contribution in [3.8, 4) is 0 Å². The maximum atomic E-state index is 8.25. The predicted octanol–water partition coefficient (Wildman–Crippen LogP) is -4.61. The van der Waals surface area contributed by atoms with Crippen LogP contribution in [0.4, 0.5) is 0 Å². The first-order valence-corrected chi connectivity index (χ1v) is 0.671. The Bertz CT molecular complexity index is 15.0. The second kappa shape index (κ2) is 53.8. The Hall–Kier alpha value is 0.390. The Morgan fingerprint density at radius 3 is 1.50 bits per heavy atom.